The van der Waals surface area contributed by atoms with Crippen molar-refractivity contribution < 1.29 is 4.79 Å². The lowest BCUT2D eigenvalue weighted by Gasteiger charge is -2.03. The van der Waals surface area contributed by atoms with Gasteiger partial charge in [0.2, 0.25) is 0 Å². The van der Waals surface area contributed by atoms with E-state index in [4.69, 9.17) is 11.6 Å². The van der Waals surface area contributed by atoms with Gasteiger partial charge in [0.15, 0.2) is 6.29 Å². The molecule has 2 aromatic heterocycles. The highest BCUT2D eigenvalue weighted by Gasteiger charge is 2.13. The maximum atomic E-state index is 11.2. The Bertz CT molecular complexity index is 791. The first-order valence-electron chi connectivity index (χ1n) is 6.42. The molecule has 1 aromatic carbocycles. The number of aldehydes is 1. The minimum atomic E-state index is 0.515. The Morgan fingerprint density at radius 2 is 2.10 bits per heavy atom. The molecule has 5 nitrogen and oxygen atoms in total. The normalized spacial score (nSPS) is 10.8. The predicted octanol–water partition coefficient (Wildman–Crippen LogP) is 2.80. The number of halogens is 1. The van der Waals surface area contributed by atoms with Crippen molar-refractivity contribution in [3.8, 4) is 11.3 Å². The molecule has 3 rings (SSSR count). The highest BCUT2D eigenvalue weighted by atomic mass is 35.5. The Morgan fingerprint density at radius 1 is 1.29 bits per heavy atom. The molecular weight excluding hydrogens is 288 g/mol. The van der Waals surface area contributed by atoms with Crippen LogP contribution in [0.3, 0.4) is 0 Å². The summed E-state index contributed by atoms with van der Waals surface area (Å²) in [7, 11) is 1.82. The van der Waals surface area contributed by atoms with Crippen LogP contribution in [0.4, 0.5) is 0 Å². The van der Waals surface area contributed by atoms with Crippen molar-refractivity contribution in [3.63, 3.8) is 0 Å². The summed E-state index contributed by atoms with van der Waals surface area (Å²) in [6.45, 7) is 0.515. The van der Waals surface area contributed by atoms with Crippen molar-refractivity contribution in [2.45, 2.75) is 6.54 Å². The first-order valence-corrected chi connectivity index (χ1v) is 6.80. The summed E-state index contributed by atoms with van der Waals surface area (Å²) >= 11 is 6.15. The van der Waals surface area contributed by atoms with E-state index in [1.165, 1.54) is 0 Å². The second-order valence-corrected chi connectivity index (χ2v) is 5.15. The Kier molecular flexibility index (Phi) is 3.58. The van der Waals surface area contributed by atoms with E-state index in [0.29, 0.717) is 22.8 Å². The zero-order valence-electron chi connectivity index (χ0n) is 11.4. The number of aromatic nitrogens is 4. The summed E-state index contributed by atoms with van der Waals surface area (Å²) in [6.07, 6.45) is 6.04. The second kappa shape index (κ2) is 5.54. The number of benzene rings is 1. The molecule has 0 aliphatic carbocycles. The quantitative estimate of drug-likeness (QED) is 0.696. The van der Waals surface area contributed by atoms with Gasteiger partial charge in [0, 0.05) is 30.0 Å². The van der Waals surface area contributed by atoms with E-state index in [1.54, 1.807) is 21.8 Å². The molecule has 0 radical (unpaired) electrons. The standard InChI is InChI=1S/C15H13ClN4O/c1-19-7-12(6-17-19)15-13(10-21)9-20(18-15)8-11-4-2-3-5-14(11)16/h2-7,9-10H,8H2,1H3. The lowest BCUT2D eigenvalue weighted by Crippen LogP contribution is -2.00. The highest BCUT2D eigenvalue weighted by Crippen LogP contribution is 2.22. The van der Waals surface area contributed by atoms with Gasteiger partial charge >= 0.3 is 0 Å². The average molecular weight is 301 g/mol. The Balaban J connectivity index is 1.96. The Labute approximate surface area is 126 Å². The van der Waals surface area contributed by atoms with Crippen LogP contribution in [0.25, 0.3) is 11.3 Å². The third-order valence-electron chi connectivity index (χ3n) is 3.19. The number of rotatable bonds is 4. The first-order chi connectivity index (χ1) is 10.2. The van der Waals surface area contributed by atoms with Gasteiger partial charge in [0.1, 0.15) is 5.69 Å². The highest BCUT2D eigenvalue weighted by molar-refractivity contribution is 6.31. The third kappa shape index (κ3) is 2.73. The summed E-state index contributed by atoms with van der Waals surface area (Å²) in [5.74, 6) is 0. The van der Waals surface area contributed by atoms with Gasteiger partial charge in [-0.3, -0.25) is 14.2 Å². The van der Waals surface area contributed by atoms with Gasteiger partial charge in [0.05, 0.1) is 18.3 Å². The molecule has 0 amide bonds. The zero-order valence-corrected chi connectivity index (χ0v) is 12.2. The Morgan fingerprint density at radius 3 is 2.76 bits per heavy atom. The van der Waals surface area contributed by atoms with Crippen molar-refractivity contribution in [3.05, 3.63) is 59.0 Å². The molecule has 6 heteroatoms. The van der Waals surface area contributed by atoms with Gasteiger partial charge in [-0.25, -0.2) is 0 Å². The number of aryl methyl sites for hydroxylation is 1. The van der Waals surface area contributed by atoms with E-state index in [9.17, 15) is 4.79 Å². The second-order valence-electron chi connectivity index (χ2n) is 4.74. The van der Waals surface area contributed by atoms with E-state index < -0.39 is 0 Å². The van der Waals surface area contributed by atoms with Crippen molar-refractivity contribution in [2.24, 2.45) is 7.05 Å². The summed E-state index contributed by atoms with van der Waals surface area (Å²) in [4.78, 5) is 11.2. The first kappa shape index (κ1) is 13.6. The van der Waals surface area contributed by atoms with Crippen molar-refractivity contribution in [2.75, 3.05) is 0 Å². The molecule has 0 aliphatic heterocycles. The number of carbonyl (C=O) groups is 1. The minimum Gasteiger partial charge on any atom is -0.298 e. The average Bonchev–Trinajstić information content (AvgIpc) is 3.07. The Hall–Kier alpha value is -2.40. The number of nitrogens with zero attached hydrogens (tertiary/aromatic N) is 4. The maximum absolute atomic E-state index is 11.2. The monoisotopic (exact) mass is 300 g/mol. The van der Waals surface area contributed by atoms with Crippen LogP contribution in [-0.2, 0) is 13.6 Å². The number of hydrogen-bond acceptors (Lipinski definition) is 3. The third-order valence-corrected chi connectivity index (χ3v) is 3.55. The predicted molar refractivity (Wildman–Crippen MR) is 80.4 cm³/mol. The lowest BCUT2D eigenvalue weighted by molar-refractivity contribution is 0.112. The van der Waals surface area contributed by atoms with Crippen LogP contribution >= 0.6 is 11.6 Å². The van der Waals surface area contributed by atoms with Gasteiger partial charge in [-0.2, -0.15) is 10.2 Å². The molecule has 0 spiro atoms. The van der Waals surface area contributed by atoms with Gasteiger partial charge < -0.3 is 0 Å². The fourth-order valence-corrected chi connectivity index (χ4v) is 2.37. The molecule has 0 fully saturated rings. The fourth-order valence-electron chi connectivity index (χ4n) is 2.17. The maximum Gasteiger partial charge on any atom is 0.153 e. The fraction of sp³-hybridized carbons (Fsp3) is 0.133. The van der Waals surface area contributed by atoms with Crippen LogP contribution in [-0.4, -0.2) is 25.8 Å². The molecule has 0 aliphatic rings. The van der Waals surface area contributed by atoms with Crippen LogP contribution in [0.1, 0.15) is 15.9 Å². The molecule has 0 saturated heterocycles. The van der Waals surface area contributed by atoms with E-state index in [-0.39, 0.29) is 0 Å². The lowest BCUT2D eigenvalue weighted by atomic mass is 10.2. The van der Waals surface area contributed by atoms with Crippen LogP contribution in [0.15, 0.2) is 42.9 Å². The number of hydrogen-bond donors (Lipinski definition) is 0. The molecule has 2 heterocycles. The molecule has 3 aromatic rings. The molecule has 0 atom stereocenters. The smallest absolute Gasteiger partial charge is 0.153 e. The van der Waals surface area contributed by atoms with Crippen LogP contribution < -0.4 is 0 Å². The van der Waals surface area contributed by atoms with Crippen LogP contribution in [0.2, 0.25) is 5.02 Å². The summed E-state index contributed by atoms with van der Waals surface area (Å²) < 4.78 is 3.39. The van der Waals surface area contributed by atoms with Crippen LogP contribution in [0, 0.1) is 0 Å². The van der Waals surface area contributed by atoms with Gasteiger partial charge in [0.25, 0.3) is 0 Å². The molecule has 0 bridgehead atoms. The summed E-state index contributed by atoms with van der Waals surface area (Å²) in [6, 6.07) is 7.58. The van der Waals surface area contributed by atoms with Crippen LogP contribution in [0.5, 0.6) is 0 Å². The molecule has 0 unspecified atom stereocenters. The van der Waals surface area contributed by atoms with E-state index >= 15 is 0 Å². The number of carbonyl (C=O) groups excluding carboxylic acids is 1. The largest absolute Gasteiger partial charge is 0.298 e. The van der Waals surface area contributed by atoms with Crippen molar-refractivity contribution in [1.82, 2.24) is 19.6 Å². The minimum absolute atomic E-state index is 0.515. The van der Waals surface area contributed by atoms with Crippen molar-refractivity contribution in [1.29, 1.82) is 0 Å². The summed E-state index contributed by atoms with van der Waals surface area (Å²) in [5, 5.41) is 9.26. The zero-order chi connectivity index (χ0) is 14.8. The molecule has 0 N–H and O–H groups in total. The van der Waals surface area contributed by atoms with E-state index in [1.807, 2.05) is 37.5 Å². The summed E-state index contributed by atoms with van der Waals surface area (Å²) in [5.41, 5.74) is 2.94. The molecular formula is C15H13ClN4O. The topological polar surface area (TPSA) is 52.7 Å². The molecule has 0 saturated carbocycles. The SMILES string of the molecule is Cn1cc(-c2nn(Cc3ccccc3Cl)cc2C=O)cn1. The van der Waals surface area contributed by atoms with Crippen molar-refractivity contribution >= 4 is 17.9 Å². The van der Waals surface area contributed by atoms with E-state index in [0.717, 1.165) is 17.4 Å². The van der Waals surface area contributed by atoms with Gasteiger partial charge in [-0.15, -0.1) is 0 Å². The van der Waals surface area contributed by atoms with Gasteiger partial charge in [-0.1, -0.05) is 29.8 Å². The molecule has 21 heavy (non-hydrogen) atoms. The van der Waals surface area contributed by atoms with E-state index in [2.05, 4.69) is 10.2 Å². The van der Waals surface area contributed by atoms with Gasteiger partial charge in [-0.05, 0) is 11.6 Å². The molecule has 106 valence electrons.